The highest BCUT2D eigenvalue weighted by molar-refractivity contribution is 5.94. The van der Waals surface area contributed by atoms with E-state index < -0.39 is 5.97 Å². The number of rotatable bonds is 4. The summed E-state index contributed by atoms with van der Waals surface area (Å²) in [6, 6.07) is 12.0. The third-order valence-electron chi connectivity index (χ3n) is 3.13. The molecule has 0 saturated carbocycles. The van der Waals surface area contributed by atoms with E-state index in [9.17, 15) is 4.79 Å². The van der Waals surface area contributed by atoms with Crippen molar-refractivity contribution in [2.24, 2.45) is 0 Å². The lowest BCUT2D eigenvalue weighted by Crippen LogP contribution is -2.16. The van der Waals surface area contributed by atoms with Crippen molar-refractivity contribution in [3.05, 3.63) is 48.0 Å². The highest BCUT2D eigenvalue weighted by Crippen LogP contribution is 2.34. The number of esters is 1. The maximum absolute atomic E-state index is 12.3. The molecule has 1 aliphatic rings. The molecule has 0 saturated heterocycles. The van der Waals surface area contributed by atoms with Gasteiger partial charge in [-0.05, 0) is 31.2 Å². The Labute approximate surface area is 128 Å². The molecule has 1 aliphatic heterocycles. The standard InChI is InChI=1S/C17H16O5/c1-2-19-14-6-4-3-5-13(14)17(18)22-12-7-8-15-16(11-12)21-10-9-20-15/h3-8,11H,2,9-10H2,1H3. The summed E-state index contributed by atoms with van der Waals surface area (Å²) in [5, 5.41) is 0. The molecule has 0 aliphatic carbocycles. The molecule has 0 aromatic heterocycles. The van der Waals surface area contributed by atoms with Crippen molar-refractivity contribution in [1.82, 2.24) is 0 Å². The molecule has 0 N–H and O–H groups in total. The number of carbonyl (C=O) groups is 1. The smallest absolute Gasteiger partial charge is 0.347 e. The zero-order valence-electron chi connectivity index (χ0n) is 12.2. The first kappa shape index (κ1) is 14.3. The van der Waals surface area contributed by atoms with E-state index in [0.717, 1.165) is 0 Å². The Balaban J connectivity index is 1.80. The van der Waals surface area contributed by atoms with Crippen molar-refractivity contribution in [2.45, 2.75) is 6.92 Å². The third kappa shape index (κ3) is 2.98. The Morgan fingerprint density at radius 2 is 1.86 bits per heavy atom. The van der Waals surface area contributed by atoms with Gasteiger partial charge in [0, 0.05) is 6.07 Å². The Kier molecular flexibility index (Phi) is 4.14. The molecule has 0 amide bonds. The second-order valence-electron chi connectivity index (χ2n) is 4.62. The highest BCUT2D eigenvalue weighted by Gasteiger charge is 2.17. The average Bonchev–Trinajstić information content (AvgIpc) is 2.55. The Morgan fingerprint density at radius 3 is 2.68 bits per heavy atom. The molecule has 3 rings (SSSR count). The first-order valence-corrected chi connectivity index (χ1v) is 7.11. The van der Waals surface area contributed by atoms with Gasteiger partial charge in [0.2, 0.25) is 0 Å². The summed E-state index contributed by atoms with van der Waals surface area (Å²) in [7, 11) is 0. The van der Waals surface area contributed by atoms with Crippen LogP contribution in [0.25, 0.3) is 0 Å². The van der Waals surface area contributed by atoms with E-state index in [1.165, 1.54) is 0 Å². The summed E-state index contributed by atoms with van der Waals surface area (Å²) in [4.78, 5) is 12.3. The maximum atomic E-state index is 12.3. The molecule has 0 fully saturated rings. The van der Waals surface area contributed by atoms with Gasteiger partial charge in [-0.1, -0.05) is 12.1 Å². The lowest BCUT2D eigenvalue weighted by molar-refractivity contribution is 0.0729. The summed E-state index contributed by atoms with van der Waals surface area (Å²) in [5.41, 5.74) is 0.388. The molecule has 0 bridgehead atoms. The number of carbonyl (C=O) groups excluding carboxylic acids is 1. The Bertz CT molecular complexity index is 680. The van der Waals surface area contributed by atoms with Crippen LogP contribution in [0.4, 0.5) is 0 Å². The van der Waals surface area contributed by atoms with Crippen LogP contribution in [0.2, 0.25) is 0 Å². The predicted octanol–water partition coefficient (Wildman–Crippen LogP) is 3.08. The van der Waals surface area contributed by atoms with Crippen LogP contribution < -0.4 is 18.9 Å². The van der Waals surface area contributed by atoms with E-state index in [0.29, 0.717) is 48.4 Å². The summed E-state index contributed by atoms with van der Waals surface area (Å²) in [6.45, 7) is 3.35. The van der Waals surface area contributed by atoms with Crippen LogP contribution in [0.5, 0.6) is 23.0 Å². The van der Waals surface area contributed by atoms with Gasteiger partial charge in [-0.25, -0.2) is 4.79 Å². The van der Waals surface area contributed by atoms with Crippen molar-refractivity contribution >= 4 is 5.97 Å². The van der Waals surface area contributed by atoms with E-state index >= 15 is 0 Å². The molecule has 2 aromatic carbocycles. The van der Waals surface area contributed by atoms with Gasteiger partial charge in [-0.15, -0.1) is 0 Å². The fraction of sp³-hybridized carbons (Fsp3) is 0.235. The lowest BCUT2D eigenvalue weighted by atomic mass is 10.2. The van der Waals surface area contributed by atoms with Crippen molar-refractivity contribution in [3.63, 3.8) is 0 Å². The summed E-state index contributed by atoms with van der Waals surface area (Å²) in [6.07, 6.45) is 0. The van der Waals surface area contributed by atoms with E-state index in [1.807, 2.05) is 13.0 Å². The first-order chi connectivity index (χ1) is 10.8. The maximum Gasteiger partial charge on any atom is 0.347 e. The van der Waals surface area contributed by atoms with Gasteiger partial charge in [0.25, 0.3) is 0 Å². The normalized spacial score (nSPS) is 12.6. The fourth-order valence-electron chi connectivity index (χ4n) is 2.17. The third-order valence-corrected chi connectivity index (χ3v) is 3.13. The number of hydrogen-bond acceptors (Lipinski definition) is 5. The molecule has 0 radical (unpaired) electrons. The quantitative estimate of drug-likeness (QED) is 0.641. The minimum absolute atomic E-state index is 0.388. The molecule has 2 aromatic rings. The highest BCUT2D eigenvalue weighted by atomic mass is 16.6. The summed E-state index contributed by atoms with van der Waals surface area (Å²) < 4.78 is 21.7. The first-order valence-electron chi connectivity index (χ1n) is 7.11. The molecular weight excluding hydrogens is 284 g/mol. The largest absolute Gasteiger partial charge is 0.493 e. The van der Waals surface area contributed by atoms with E-state index in [2.05, 4.69) is 0 Å². The zero-order chi connectivity index (χ0) is 15.4. The van der Waals surface area contributed by atoms with Crippen LogP contribution in [0, 0.1) is 0 Å². The van der Waals surface area contributed by atoms with Crippen LogP contribution in [0.15, 0.2) is 42.5 Å². The molecular formula is C17H16O5. The Morgan fingerprint density at radius 1 is 1.09 bits per heavy atom. The van der Waals surface area contributed by atoms with Crippen molar-refractivity contribution in [3.8, 4) is 23.0 Å². The van der Waals surface area contributed by atoms with Gasteiger partial charge in [0.15, 0.2) is 11.5 Å². The zero-order valence-corrected chi connectivity index (χ0v) is 12.2. The van der Waals surface area contributed by atoms with Crippen LogP contribution >= 0.6 is 0 Å². The summed E-state index contributed by atoms with van der Waals surface area (Å²) >= 11 is 0. The molecule has 114 valence electrons. The lowest BCUT2D eigenvalue weighted by Gasteiger charge is -2.18. The van der Waals surface area contributed by atoms with Gasteiger partial charge < -0.3 is 18.9 Å². The Hall–Kier alpha value is -2.69. The summed E-state index contributed by atoms with van der Waals surface area (Å²) in [5.74, 6) is 1.67. The van der Waals surface area contributed by atoms with Crippen LogP contribution in [-0.2, 0) is 0 Å². The van der Waals surface area contributed by atoms with Crippen molar-refractivity contribution in [2.75, 3.05) is 19.8 Å². The van der Waals surface area contributed by atoms with E-state index in [1.54, 1.807) is 36.4 Å². The second kappa shape index (κ2) is 6.39. The van der Waals surface area contributed by atoms with Crippen LogP contribution in [0.3, 0.4) is 0 Å². The van der Waals surface area contributed by atoms with Gasteiger partial charge in [0.1, 0.15) is 30.3 Å². The molecule has 5 nitrogen and oxygen atoms in total. The van der Waals surface area contributed by atoms with Crippen molar-refractivity contribution < 1.29 is 23.7 Å². The topological polar surface area (TPSA) is 54.0 Å². The van der Waals surface area contributed by atoms with Crippen LogP contribution in [-0.4, -0.2) is 25.8 Å². The van der Waals surface area contributed by atoms with Gasteiger partial charge in [0.05, 0.1) is 6.61 Å². The number of benzene rings is 2. The monoisotopic (exact) mass is 300 g/mol. The molecule has 0 spiro atoms. The number of para-hydroxylation sites is 1. The van der Waals surface area contributed by atoms with Gasteiger partial charge in [-0.2, -0.15) is 0 Å². The molecule has 5 heteroatoms. The van der Waals surface area contributed by atoms with E-state index in [4.69, 9.17) is 18.9 Å². The predicted molar refractivity (Wildman–Crippen MR) is 80.0 cm³/mol. The number of hydrogen-bond donors (Lipinski definition) is 0. The molecule has 22 heavy (non-hydrogen) atoms. The molecule has 0 unspecified atom stereocenters. The number of ether oxygens (including phenoxy) is 4. The minimum Gasteiger partial charge on any atom is -0.493 e. The van der Waals surface area contributed by atoms with E-state index in [-0.39, 0.29) is 0 Å². The molecule has 1 heterocycles. The van der Waals surface area contributed by atoms with Crippen LogP contribution in [0.1, 0.15) is 17.3 Å². The second-order valence-corrected chi connectivity index (χ2v) is 4.62. The SMILES string of the molecule is CCOc1ccccc1C(=O)Oc1ccc2c(c1)OCCO2. The van der Waals surface area contributed by atoms with Crippen molar-refractivity contribution in [1.29, 1.82) is 0 Å². The van der Waals surface area contributed by atoms with Gasteiger partial charge in [-0.3, -0.25) is 0 Å². The fourth-order valence-corrected chi connectivity index (χ4v) is 2.17. The number of fused-ring (bicyclic) bond motifs is 1. The molecule has 0 atom stereocenters. The van der Waals surface area contributed by atoms with Gasteiger partial charge >= 0.3 is 5.97 Å². The minimum atomic E-state index is -0.472. The average molecular weight is 300 g/mol.